The van der Waals surface area contributed by atoms with Crippen LogP contribution in [0.2, 0.25) is 0 Å². The van der Waals surface area contributed by atoms with Crippen molar-refractivity contribution >= 4 is 39.6 Å². The van der Waals surface area contributed by atoms with Crippen molar-refractivity contribution in [2.24, 2.45) is 7.05 Å². The molecule has 0 spiro atoms. The van der Waals surface area contributed by atoms with Crippen molar-refractivity contribution < 1.29 is 4.39 Å². The third-order valence-corrected chi connectivity index (χ3v) is 3.75. The summed E-state index contributed by atoms with van der Waals surface area (Å²) in [6.45, 7) is 0.524. The highest BCUT2D eigenvalue weighted by Gasteiger charge is 2.12. The summed E-state index contributed by atoms with van der Waals surface area (Å²) in [5.41, 5.74) is 8.30. The van der Waals surface area contributed by atoms with Crippen LogP contribution in [0, 0.1) is 9.39 Å². The summed E-state index contributed by atoms with van der Waals surface area (Å²) in [6, 6.07) is 3.16. The van der Waals surface area contributed by atoms with Crippen LogP contribution in [-0.4, -0.2) is 19.3 Å². The number of anilines is 1. The summed E-state index contributed by atoms with van der Waals surface area (Å²) >= 11 is 1.94. The summed E-state index contributed by atoms with van der Waals surface area (Å²) in [6.07, 6.45) is 3.66. The van der Waals surface area contributed by atoms with Gasteiger partial charge in [-0.15, -0.1) is 0 Å². The Hall–Kier alpha value is -1.64. The molecule has 0 amide bonds. The van der Waals surface area contributed by atoms with Gasteiger partial charge in [0.2, 0.25) is 5.95 Å². The highest BCUT2D eigenvalue weighted by Crippen LogP contribution is 2.23. The molecular weight excluding hydrogens is 360 g/mol. The topological polar surface area (TPSA) is 61.7 Å². The molecule has 0 bridgehead atoms. The van der Waals surface area contributed by atoms with Gasteiger partial charge in [0.15, 0.2) is 0 Å². The fourth-order valence-corrected chi connectivity index (χ4v) is 2.49. The zero-order valence-corrected chi connectivity index (χ0v) is 12.3. The Bertz CT molecular complexity index is 761. The van der Waals surface area contributed by atoms with E-state index >= 15 is 0 Å². The number of fused-ring (bicyclic) bond motifs is 1. The summed E-state index contributed by atoms with van der Waals surface area (Å²) < 4.78 is 17.7. The van der Waals surface area contributed by atoms with E-state index in [4.69, 9.17) is 5.73 Å². The van der Waals surface area contributed by atoms with Crippen LogP contribution in [0.15, 0.2) is 24.5 Å². The molecule has 5 nitrogen and oxygen atoms in total. The first-order chi connectivity index (χ1) is 9.04. The van der Waals surface area contributed by atoms with Gasteiger partial charge in [0.25, 0.3) is 0 Å². The summed E-state index contributed by atoms with van der Waals surface area (Å²) in [7, 11) is 1.85. The van der Waals surface area contributed by atoms with Crippen molar-refractivity contribution in [1.29, 1.82) is 0 Å². The van der Waals surface area contributed by atoms with Crippen molar-refractivity contribution in [3.63, 3.8) is 0 Å². The molecule has 1 aromatic carbocycles. The first kappa shape index (κ1) is 12.4. The number of aromatic nitrogens is 4. The van der Waals surface area contributed by atoms with E-state index in [1.54, 1.807) is 21.5 Å². The van der Waals surface area contributed by atoms with Crippen molar-refractivity contribution in [3.05, 3.63) is 39.5 Å². The predicted molar refractivity (Wildman–Crippen MR) is 79.1 cm³/mol. The van der Waals surface area contributed by atoms with Gasteiger partial charge in [0.1, 0.15) is 5.82 Å². The van der Waals surface area contributed by atoms with Crippen LogP contribution < -0.4 is 5.73 Å². The van der Waals surface area contributed by atoms with Crippen LogP contribution in [0.4, 0.5) is 10.3 Å². The monoisotopic (exact) mass is 371 g/mol. The van der Waals surface area contributed by atoms with Crippen LogP contribution in [0.5, 0.6) is 0 Å². The molecular formula is C12H11FIN5. The molecule has 19 heavy (non-hydrogen) atoms. The minimum atomic E-state index is -0.263. The number of nitrogen functional groups attached to an aromatic ring is 1. The van der Waals surface area contributed by atoms with Gasteiger partial charge in [-0.25, -0.2) is 9.37 Å². The maximum absolute atomic E-state index is 13.7. The fourth-order valence-electron chi connectivity index (χ4n) is 2.04. The molecule has 0 aliphatic carbocycles. The highest BCUT2D eigenvalue weighted by atomic mass is 127. The lowest BCUT2D eigenvalue weighted by Crippen LogP contribution is -2.04. The van der Waals surface area contributed by atoms with Gasteiger partial charge in [0.05, 0.1) is 27.3 Å². The van der Waals surface area contributed by atoms with E-state index in [0.29, 0.717) is 27.1 Å². The van der Waals surface area contributed by atoms with Crippen LogP contribution >= 0.6 is 22.6 Å². The van der Waals surface area contributed by atoms with Gasteiger partial charge in [0, 0.05) is 24.9 Å². The smallest absolute Gasteiger partial charge is 0.201 e. The Morgan fingerprint density at radius 3 is 2.89 bits per heavy atom. The van der Waals surface area contributed by atoms with Crippen molar-refractivity contribution in [1.82, 2.24) is 19.3 Å². The SMILES string of the molecule is Cn1cc(Cn2c(N)nc3cc(I)c(F)cc32)cn1. The second-order valence-corrected chi connectivity index (χ2v) is 5.50. The van der Waals surface area contributed by atoms with E-state index in [1.165, 1.54) is 6.07 Å². The average molecular weight is 371 g/mol. The van der Waals surface area contributed by atoms with Crippen molar-refractivity contribution in [2.75, 3.05) is 5.73 Å². The van der Waals surface area contributed by atoms with Gasteiger partial charge in [-0.3, -0.25) is 4.68 Å². The van der Waals surface area contributed by atoms with Gasteiger partial charge in [-0.1, -0.05) is 0 Å². The number of aryl methyl sites for hydroxylation is 1. The van der Waals surface area contributed by atoms with E-state index < -0.39 is 0 Å². The van der Waals surface area contributed by atoms with Gasteiger partial charge < -0.3 is 10.3 Å². The minimum absolute atomic E-state index is 0.263. The number of nitrogens with zero attached hydrogens (tertiary/aromatic N) is 4. The Balaban J connectivity index is 2.12. The zero-order valence-electron chi connectivity index (χ0n) is 10.1. The van der Waals surface area contributed by atoms with Gasteiger partial charge in [-0.2, -0.15) is 5.10 Å². The molecule has 3 rings (SSSR count). The number of hydrogen-bond donors (Lipinski definition) is 1. The lowest BCUT2D eigenvalue weighted by molar-refractivity contribution is 0.621. The molecule has 2 heterocycles. The molecule has 7 heteroatoms. The maximum Gasteiger partial charge on any atom is 0.201 e. The molecule has 98 valence electrons. The van der Waals surface area contributed by atoms with Crippen LogP contribution in [0.3, 0.4) is 0 Å². The molecule has 0 saturated carbocycles. The van der Waals surface area contributed by atoms with Crippen LogP contribution in [0.1, 0.15) is 5.56 Å². The maximum atomic E-state index is 13.7. The molecule has 2 N–H and O–H groups in total. The lowest BCUT2D eigenvalue weighted by atomic mass is 10.3. The third kappa shape index (κ3) is 2.18. The second kappa shape index (κ2) is 4.48. The molecule has 0 atom stereocenters. The number of benzene rings is 1. The standard InChI is InChI=1S/C12H11FIN5/c1-18-5-7(4-16-18)6-19-11-2-8(13)9(14)3-10(11)17-12(19)15/h2-5H,6H2,1H3,(H2,15,17). The minimum Gasteiger partial charge on any atom is -0.369 e. The van der Waals surface area contributed by atoms with Crippen LogP contribution in [-0.2, 0) is 13.6 Å². The number of hydrogen-bond acceptors (Lipinski definition) is 3. The molecule has 0 saturated heterocycles. The lowest BCUT2D eigenvalue weighted by Gasteiger charge is -2.04. The zero-order chi connectivity index (χ0) is 13.6. The molecule has 0 radical (unpaired) electrons. The van der Waals surface area contributed by atoms with E-state index in [0.717, 1.165) is 5.56 Å². The molecule has 0 fully saturated rings. The number of nitrogens with two attached hydrogens (primary N) is 1. The number of halogens is 2. The van der Waals surface area contributed by atoms with E-state index in [9.17, 15) is 4.39 Å². The fraction of sp³-hybridized carbons (Fsp3) is 0.167. The molecule has 0 unspecified atom stereocenters. The molecule has 0 aliphatic rings. The van der Waals surface area contributed by atoms with E-state index in [2.05, 4.69) is 10.1 Å². The molecule has 2 aromatic heterocycles. The third-order valence-electron chi connectivity index (χ3n) is 2.92. The van der Waals surface area contributed by atoms with Crippen LogP contribution in [0.25, 0.3) is 11.0 Å². The Morgan fingerprint density at radius 2 is 2.21 bits per heavy atom. The Kier molecular flexibility index (Phi) is 2.92. The van der Waals surface area contributed by atoms with Crippen molar-refractivity contribution in [2.45, 2.75) is 6.54 Å². The van der Waals surface area contributed by atoms with Gasteiger partial charge >= 0.3 is 0 Å². The Labute approximate surface area is 122 Å². The largest absolute Gasteiger partial charge is 0.369 e. The normalized spacial score (nSPS) is 11.3. The predicted octanol–water partition coefficient (Wildman–Crippen LogP) is 2.14. The number of rotatable bonds is 2. The van der Waals surface area contributed by atoms with E-state index in [-0.39, 0.29) is 5.82 Å². The molecule has 3 aromatic rings. The first-order valence-electron chi connectivity index (χ1n) is 5.63. The summed E-state index contributed by atoms with van der Waals surface area (Å²) in [5.74, 6) is 0.112. The Morgan fingerprint density at radius 1 is 1.42 bits per heavy atom. The second-order valence-electron chi connectivity index (χ2n) is 4.33. The highest BCUT2D eigenvalue weighted by molar-refractivity contribution is 14.1. The summed E-state index contributed by atoms with van der Waals surface area (Å²) in [4.78, 5) is 4.26. The number of imidazole rings is 1. The van der Waals surface area contributed by atoms with Gasteiger partial charge in [-0.05, 0) is 28.7 Å². The quantitative estimate of drug-likeness (QED) is 0.703. The summed E-state index contributed by atoms with van der Waals surface area (Å²) in [5, 5.41) is 4.11. The van der Waals surface area contributed by atoms with Crippen molar-refractivity contribution in [3.8, 4) is 0 Å². The molecule has 0 aliphatic heterocycles. The van der Waals surface area contributed by atoms with E-state index in [1.807, 2.05) is 35.8 Å². The average Bonchev–Trinajstić information content (AvgIpc) is 2.87. The first-order valence-corrected chi connectivity index (χ1v) is 6.71.